The number of nitrogens with two attached hydrogens (primary N) is 4. The highest BCUT2D eigenvalue weighted by Crippen LogP contribution is 2.24. The number of aryl methyl sites for hydroxylation is 2. The molecule has 4 fully saturated rings. The quantitative estimate of drug-likeness (QED) is 0.0687. The Morgan fingerprint density at radius 3 is 1.38 bits per heavy atom. The van der Waals surface area contributed by atoms with Gasteiger partial charge in [0.25, 0.3) is 0 Å². The topological polar surface area (TPSA) is 331 Å². The Morgan fingerprint density at radius 2 is 0.987 bits per heavy atom. The number of guanidine groups is 2. The molecule has 3 aromatic rings. The number of rotatable bonds is 14. The Balaban J connectivity index is 0.000000354. The summed E-state index contributed by atoms with van der Waals surface area (Å²) < 4.78 is 13.9. The standard InChI is InChI=1S/C36H52N12O6.C15H24N4O3/c37-31(38)43-27-11-7-25(8-12-27)23-41-33(49)45-15-19-47(20-16-45)35(51)53-29-3-1-4-30(6-2-5-29)54-36(52)48-21-17-46(18-22-48)34(50)42-24-26-9-13-28(14-10-26)44-32(39)40;1-13-16-6-8-17(13)7-4-2-3-5-14(20)18-9-11-19(12-10-18)15(21)22/h7-14,29-30H,1-6,15-24H2,(H,41,49)(H,42,50)(H4,37,38,43)(H4,39,40,44);6,8H,2-5,7,9-12H2,1H3,(H,21,22). The first-order valence-electron chi connectivity index (χ1n) is 26.2. The van der Waals surface area contributed by atoms with E-state index in [9.17, 15) is 28.8 Å². The van der Waals surface area contributed by atoms with Gasteiger partial charge in [-0.3, -0.25) is 4.79 Å². The molecule has 1 aliphatic carbocycles. The average molecular weight is 1060 g/mol. The summed E-state index contributed by atoms with van der Waals surface area (Å²) in [6.45, 7) is 8.67. The van der Waals surface area contributed by atoms with E-state index in [4.69, 9.17) is 37.5 Å². The molecule has 8 amide bonds. The number of benzene rings is 2. The summed E-state index contributed by atoms with van der Waals surface area (Å²) in [4.78, 5) is 96.3. The van der Waals surface area contributed by atoms with Gasteiger partial charge in [0.05, 0.1) is 11.4 Å². The lowest BCUT2D eigenvalue weighted by atomic mass is 9.96. The van der Waals surface area contributed by atoms with E-state index < -0.39 is 6.09 Å². The largest absolute Gasteiger partial charge is 0.465 e. The molecule has 2 aromatic carbocycles. The van der Waals surface area contributed by atoms with Gasteiger partial charge in [0.2, 0.25) is 5.91 Å². The molecule has 25 heteroatoms. The number of ether oxygens (including phenoxy) is 2. The van der Waals surface area contributed by atoms with Gasteiger partial charge in [0.15, 0.2) is 11.9 Å². The second kappa shape index (κ2) is 29.2. The lowest BCUT2D eigenvalue weighted by molar-refractivity contribution is -0.132. The first-order chi connectivity index (χ1) is 36.6. The van der Waals surface area contributed by atoms with Crippen molar-refractivity contribution in [2.45, 2.75) is 103 Å². The number of hydrogen-bond acceptors (Lipinski definition) is 11. The number of nitrogens with one attached hydrogen (secondary N) is 2. The van der Waals surface area contributed by atoms with Crippen molar-refractivity contribution < 1.29 is 43.3 Å². The molecular formula is C51H76N16O9. The smallest absolute Gasteiger partial charge is 0.410 e. The molecule has 4 aliphatic rings. The van der Waals surface area contributed by atoms with Crippen LogP contribution in [0.1, 0.15) is 81.2 Å². The fourth-order valence-electron chi connectivity index (χ4n) is 9.22. The predicted octanol–water partition coefficient (Wildman–Crippen LogP) is 3.79. The van der Waals surface area contributed by atoms with E-state index in [1.165, 1.54) is 4.90 Å². The van der Waals surface area contributed by atoms with Crippen molar-refractivity contribution in [2.75, 3.05) is 78.5 Å². The van der Waals surface area contributed by atoms with Gasteiger partial charge in [0.1, 0.15) is 18.0 Å². The molecule has 0 unspecified atom stereocenters. The van der Waals surface area contributed by atoms with Crippen LogP contribution in [0.5, 0.6) is 0 Å². The van der Waals surface area contributed by atoms with E-state index in [-0.39, 0.29) is 54.3 Å². The number of carbonyl (C=O) groups excluding carboxylic acids is 5. The molecular weight excluding hydrogens is 981 g/mol. The maximum Gasteiger partial charge on any atom is 0.410 e. The molecule has 3 saturated heterocycles. The summed E-state index contributed by atoms with van der Waals surface area (Å²) in [5.74, 6) is 1.12. The van der Waals surface area contributed by atoms with Crippen LogP contribution in [-0.2, 0) is 33.9 Å². The second-order valence-electron chi connectivity index (χ2n) is 19.2. The van der Waals surface area contributed by atoms with Crippen LogP contribution < -0.4 is 33.6 Å². The van der Waals surface area contributed by atoms with Crippen LogP contribution in [-0.4, -0.2) is 183 Å². The SMILES string of the molecule is Cc1nccn1CCCCCC(=O)N1CCN(C(=O)O)CC1.NC(N)=Nc1ccc(CNC(=O)N2CCN(C(=O)OC3CCCC(OC(=O)N4CCN(C(=O)NCc5ccc(N=C(N)N)cc5)CC4)CCC3)CC2)cc1. The lowest BCUT2D eigenvalue weighted by Gasteiger charge is -2.36. The average Bonchev–Trinajstić information content (AvgIpc) is 3.82. The lowest BCUT2D eigenvalue weighted by Crippen LogP contribution is -2.53. The fraction of sp³-hybridized carbons (Fsp3) is 0.549. The Labute approximate surface area is 443 Å². The van der Waals surface area contributed by atoms with Crippen molar-refractivity contribution in [1.82, 2.24) is 49.6 Å². The highest BCUT2D eigenvalue weighted by Gasteiger charge is 2.30. The number of imidazole rings is 1. The number of carboxylic acid groups (broad SMARTS) is 1. The third-order valence-corrected chi connectivity index (χ3v) is 13.7. The van der Waals surface area contributed by atoms with Crippen LogP contribution in [0.2, 0.25) is 0 Å². The number of amides is 8. The van der Waals surface area contributed by atoms with Gasteiger partial charge >= 0.3 is 30.3 Å². The molecule has 3 aliphatic heterocycles. The molecule has 0 bridgehead atoms. The molecule has 1 saturated carbocycles. The van der Waals surface area contributed by atoms with Crippen molar-refractivity contribution in [1.29, 1.82) is 0 Å². The van der Waals surface area contributed by atoms with Gasteiger partial charge in [-0.25, -0.2) is 38.9 Å². The van der Waals surface area contributed by atoms with E-state index in [0.717, 1.165) is 55.6 Å². The second-order valence-corrected chi connectivity index (χ2v) is 19.2. The maximum absolute atomic E-state index is 13.0. The number of piperazine rings is 3. The van der Waals surface area contributed by atoms with E-state index in [1.54, 1.807) is 55.0 Å². The number of nitrogens with zero attached hydrogens (tertiary/aromatic N) is 10. The van der Waals surface area contributed by atoms with Crippen LogP contribution in [0.4, 0.5) is 35.3 Å². The number of urea groups is 2. The Kier molecular flexibility index (Phi) is 22.0. The molecule has 414 valence electrons. The Morgan fingerprint density at radius 1 is 0.579 bits per heavy atom. The van der Waals surface area contributed by atoms with Gasteiger partial charge in [-0.1, -0.05) is 30.7 Å². The summed E-state index contributed by atoms with van der Waals surface area (Å²) >= 11 is 0. The number of hydrogen-bond donors (Lipinski definition) is 7. The van der Waals surface area contributed by atoms with E-state index in [0.29, 0.717) is 135 Å². The third-order valence-electron chi connectivity index (χ3n) is 13.7. The summed E-state index contributed by atoms with van der Waals surface area (Å²) in [6, 6.07) is 14.1. The summed E-state index contributed by atoms with van der Waals surface area (Å²) in [7, 11) is 0. The fourth-order valence-corrected chi connectivity index (χ4v) is 9.22. The van der Waals surface area contributed by atoms with Gasteiger partial charge in [-0.15, -0.1) is 0 Å². The molecule has 0 radical (unpaired) electrons. The van der Waals surface area contributed by atoms with Crippen LogP contribution >= 0.6 is 0 Å². The maximum atomic E-state index is 13.0. The zero-order chi connectivity index (χ0) is 54.4. The van der Waals surface area contributed by atoms with Crippen molar-refractivity contribution in [3.63, 3.8) is 0 Å². The number of aromatic nitrogens is 2. The van der Waals surface area contributed by atoms with Gasteiger partial charge in [-0.2, -0.15) is 0 Å². The highest BCUT2D eigenvalue weighted by atomic mass is 16.6. The zero-order valence-electron chi connectivity index (χ0n) is 43.6. The van der Waals surface area contributed by atoms with E-state index >= 15 is 0 Å². The number of aliphatic imine (C=N–C) groups is 2. The first kappa shape index (κ1) is 57.3. The Bertz CT molecular complexity index is 2290. The van der Waals surface area contributed by atoms with Crippen molar-refractivity contribution in [3.05, 3.63) is 77.9 Å². The van der Waals surface area contributed by atoms with Crippen LogP contribution in [0.25, 0.3) is 0 Å². The van der Waals surface area contributed by atoms with Crippen molar-refractivity contribution in [3.8, 4) is 0 Å². The molecule has 0 atom stereocenters. The monoisotopic (exact) mass is 1060 g/mol. The molecule has 7 rings (SSSR count). The molecule has 1 aromatic heterocycles. The van der Waals surface area contributed by atoms with E-state index in [1.807, 2.05) is 37.4 Å². The molecule has 25 nitrogen and oxygen atoms in total. The third kappa shape index (κ3) is 18.7. The van der Waals surface area contributed by atoms with Crippen LogP contribution in [0, 0.1) is 6.92 Å². The summed E-state index contributed by atoms with van der Waals surface area (Å²) in [6.07, 6.45) is 9.45. The number of unbranched alkanes of at least 4 members (excludes halogenated alkanes) is 2. The summed E-state index contributed by atoms with van der Waals surface area (Å²) in [5.41, 5.74) is 24.7. The van der Waals surface area contributed by atoms with E-state index in [2.05, 4.69) is 30.2 Å². The Hall–Kier alpha value is -7.99. The minimum Gasteiger partial charge on any atom is -0.465 e. The minimum atomic E-state index is -0.901. The van der Waals surface area contributed by atoms with Crippen LogP contribution in [0.3, 0.4) is 0 Å². The van der Waals surface area contributed by atoms with Crippen molar-refractivity contribution in [2.24, 2.45) is 32.9 Å². The van der Waals surface area contributed by atoms with Gasteiger partial charge < -0.3 is 82.1 Å². The minimum absolute atomic E-state index is 0.0195. The van der Waals surface area contributed by atoms with Crippen molar-refractivity contribution >= 4 is 59.5 Å². The van der Waals surface area contributed by atoms with Gasteiger partial charge in [0, 0.05) is 117 Å². The molecule has 76 heavy (non-hydrogen) atoms. The van der Waals surface area contributed by atoms with Crippen LogP contribution in [0.15, 0.2) is 70.9 Å². The highest BCUT2D eigenvalue weighted by molar-refractivity contribution is 5.80. The number of carbonyl (C=O) groups is 6. The first-order valence-corrected chi connectivity index (χ1v) is 26.2. The summed E-state index contributed by atoms with van der Waals surface area (Å²) in [5, 5.41) is 14.7. The predicted molar refractivity (Wildman–Crippen MR) is 284 cm³/mol. The molecule has 11 N–H and O–H groups in total. The zero-order valence-corrected chi connectivity index (χ0v) is 43.6. The molecule has 0 spiro atoms. The normalized spacial score (nSPS) is 17.9. The molecule has 4 heterocycles. The van der Waals surface area contributed by atoms with Gasteiger partial charge in [-0.05, 0) is 93.7 Å².